The van der Waals surface area contributed by atoms with Crippen molar-refractivity contribution in [2.75, 3.05) is 0 Å². The summed E-state index contributed by atoms with van der Waals surface area (Å²) in [6.45, 7) is 0. The second-order valence-electron chi connectivity index (χ2n) is 5.59. The summed E-state index contributed by atoms with van der Waals surface area (Å²) in [5, 5.41) is 26.9. The minimum Gasteiger partial charge on any atom is -0.480 e. The fourth-order valence-corrected chi connectivity index (χ4v) is 2.56. The van der Waals surface area contributed by atoms with Crippen LogP contribution in [0.4, 0.5) is 10.5 Å². The van der Waals surface area contributed by atoms with Crippen molar-refractivity contribution in [3.8, 4) is 0 Å². The minimum absolute atomic E-state index is 0.118. The highest BCUT2D eigenvalue weighted by Gasteiger charge is 2.22. The summed E-state index contributed by atoms with van der Waals surface area (Å²) in [7, 11) is 0. The first kappa shape index (κ1) is 17.1. The molecule has 9 nitrogen and oxygen atoms in total. The van der Waals surface area contributed by atoms with E-state index in [1.165, 1.54) is 24.4 Å². The third kappa shape index (κ3) is 3.51. The van der Waals surface area contributed by atoms with Gasteiger partial charge in [-0.1, -0.05) is 30.3 Å². The van der Waals surface area contributed by atoms with E-state index in [9.17, 15) is 24.8 Å². The lowest BCUT2D eigenvalue weighted by Gasteiger charge is -2.14. The number of aromatic nitrogens is 2. The highest BCUT2D eigenvalue weighted by molar-refractivity contribution is 5.92. The number of hydrogen-bond donors (Lipinski definition) is 2. The molecule has 1 amide bonds. The Hall–Kier alpha value is -3.75. The summed E-state index contributed by atoms with van der Waals surface area (Å²) in [4.78, 5) is 34.2. The fraction of sp³-hybridized carbons (Fsp3) is 0.118. The standard InChI is InChI=1S/C17H14N4O5/c22-16(23)14(8-11-4-2-1-3-5-11)19-17(24)20-15-7-6-13(21(25)26)9-12(15)10-18-20/h1-7,9-10,14H,8H2,(H,19,24)(H,22,23)/t14-/m0/s1. The Morgan fingerprint density at radius 3 is 2.62 bits per heavy atom. The summed E-state index contributed by atoms with van der Waals surface area (Å²) in [5.41, 5.74) is 0.989. The zero-order valence-corrected chi connectivity index (χ0v) is 13.4. The molecule has 1 atom stereocenters. The summed E-state index contributed by atoms with van der Waals surface area (Å²) in [6, 6.07) is 11.0. The predicted octanol–water partition coefficient (Wildman–Crippen LogP) is 2.20. The van der Waals surface area contributed by atoms with E-state index in [2.05, 4.69) is 10.4 Å². The summed E-state index contributed by atoms with van der Waals surface area (Å²) in [5.74, 6) is -1.17. The third-order valence-electron chi connectivity index (χ3n) is 3.83. The molecule has 0 unspecified atom stereocenters. The van der Waals surface area contributed by atoms with E-state index in [4.69, 9.17) is 0 Å². The van der Waals surface area contributed by atoms with Crippen LogP contribution in [-0.2, 0) is 11.2 Å². The van der Waals surface area contributed by atoms with Gasteiger partial charge in [0, 0.05) is 23.9 Å². The maximum atomic E-state index is 12.4. The molecule has 0 radical (unpaired) electrons. The number of fused-ring (bicyclic) bond motifs is 1. The number of carbonyl (C=O) groups is 2. The SMILES string of the molecule is O=C(O)[C@H](Cc1ccccc1)NC(=O)n1ncc2cc([N+](=O)[O-])ccc21. The largest absolute Gasteiger partial charge is 0.480 e. The zero-order chi connectivity index (χ0) is 18.7. The van der Waals surface area contributed by atoms with Crippen molar-refractivity contribution in [1.82, 2.24) is 15.1 Å². The predicted molar refractivity (Wildman–Crippen MR) is 91.9 cm³/mol. The molecule has 3 rings (SSSR count). The highest BCUT2D eigenvalue weighted by atomic mass is 16.6. The molecule has 2 N–H and O–H groups in total. The van der Waals surface area contributed by atoms with Crippen molar-refractivity contribution in [1.29, 1.82) is 0 Å². The van der Waals surface area contributed by atoms with Gasteiger partial charge in [0.15, 0.2) is 0 Å². The van der Waals surface area contributed by atoms with Crippen molar-refractivity contribution in [2.24, 2.45) is 0 Å². The Kier molecular flexibility index (Phi) is 4.61. The highest BCUT2D eigenvalue weighted by Crippen LogP contribution is 2.20. The second-order valence-corrected chi connectivity index (χ2v) is 5.59. The van der Waals surface area contributed by atoms with Gasteiger partial charge in [-0.3, -0.25) is 10.1 Å². The van der Waals surface area contributed by atoms with Crippen LogP contribution < -0.4 is 5.32 Å². The first-order valence-corrected chi connectivity index (χ1v) is 7.65. The second kappa shape index (κ2) is 7.01. The van der Waals surface area contributed by atoms with Crippen LogP contribution >= 0.6 is 0 Å². The van der Waals surface area contributed by atoms with Gasteiger partial charge in [0.1, 0.15) is 6.04 Å². The third-order valence-corrected chi connectivity index (χ3v) is 3.83. The maximum Gasteiger partial charge on any atom is 0.343 e. The Morgan fingerprint density at radius 1 is 1.23 bits per heavy atom. The molecule has 0 aliphatic carbocycles. The number of benzene rings is 2. The van der Waals surface area contributed by atoms with E-state index in [1.54, 1.807) is 24.3 Å². The molecule has 0 aliphatic heterocycles. The van der Waals surface area contributed by atoms with E-state index in [1.807, 2.05) is 6.07 Å². The van der Waals surface area contributed by atoms with Crippen LogP contribution in [0.5, 0.6) is 0 Å². The van der Waals surface area contributed by atoms with Gasteiger partial charge in [0.2, 0.25) is 0 Å². The monoisotopic (exact) mass is 354 g/mol. The maximum absolute atomic E-state index is 12.4. The Bertz CT molecular complexity index is 983. The number of aliphatic carboxylic acids is 1. The van der Waals surface area contributed by atoms with Crippen LogP contribution in [0.25, 0.3) is 10.9 Å². The number of carboxylic acid groups (broad SMARTS) is 1. The molecule has 0 fully saturated rings. The van der Waals surface area contributed by atoms with Gasteiger partial charge in [-0.05, 0) is 11.6 Å². The Morgan fingerprint density at radius 2 is 1.96 bits per heavy atom. The van der Waals surface area contributed by atoms with Crippen LogP contribution in [-0.4, -0.2) is 37.9 Å². The van der Waals surface area contributed by atoms with Crippen LogP contribution in [0.3, 0.4) is 0 Å². The number of hydrogen-bond acceptors (Lipinski definition) is 5. The van der Waals surface area contributed by atoms with E-state index < -0.39 is 23.0 Å². The Balaban J connectivity index is 1.82. The number of nitro benzene ring substituents is 1. The van der Waals surface area contributed by atoms with Gasteiger partial charge in [-0.25, -0.2) is 9.59 Å². The number of nitrogens with one attached hydrogen (secondary N) is 1. The Labute approximate surface area is 147 Å². The van der Waals surface area contributed by atoms with Crippen LogP contribution in [0.15, 0.2) is 54.7 Å². The molecule has 1 aromatic heterocycles. The number of nitro groups is 1. The number of non-ortho nitro benzene ring substituents is 1. The minimum atomic E-state index is -1.17. The molecule has 1 heterocycles. The number of rotatable bonds is 5. The molecule has 2 aromatic carbocycles. The number of nitrogens with zero attached hydrogens (tertiary/aromatic N) is 3. The van der Waals surface area contributed by atoms with E-state index >= 15 is 0 Å². The molecule has 132 valence electrons. The van der Waals surface area contributed by atoms with E-state index in [0.29, 0.717) is 10.9 Å². The van der Waals surface area contributed by atoms with Gasteiger partial charge in [0.05, 0.1) is 16.6 Å². The van der Waals surface area contributed by atoms with Gasteiger partial charge < -0.3 is 10.4 Å². The molecule has 3 aromatic rings. The lowest BCUT2D eigenvalue weighted by atomic mass is 10.1. The van der Waals surface area contributed by atoms with Crippen molar-refractivity contribution in [3.63, 3.8) is 0 Å². The zero-order valence-electron chi connectivity index (χ0n) is 13.4. The van der Waals surface area contributed by atoms with Crippen LogP contribution in [0.1, 0.15) is 5.56 Å². The molecule has 0 bridgehead atoms. The normalized spacial score (nSPS) is 11.8. The van der Waals surface area contributed by atoms with Crippen molar-refractivity contribution in [3.05, 3.63) is 70.4 Å². The number of carbonyl (C=O) groups excluding carboxylic acids is 1. The molecule has 0 saturated heterocycles. The van der Waals surface area contributed by atoms with Crippen LogP contribution in [0, 0.1) is 10.1 Å². The number of amides is 1. The van der Waals surface area contributed by atoms with Crippen molar-refractivity contribution >= 4 is 28.6 Å². The average molecular weight is 354 g/mol. The lowest BCUT2D eigenvalue weighted by Crippen LogP contribution is -2.44. The van der Waals surface area contributed by atoms with Crippen LogP contribution in [0.2, 0.25) is 0 Å². The average Bonchev–Trinajstić information content (AvgIpc) is 3.05. The molecule has 0 aliphatic rings. The first-order chi connectivity index (χ1) is 12.5. The number of carboxylic acids is 1. The van der Waals surface area contributed by atoms with E-state index in [0.717, 1.165) is 10.2 Å². The van der Waals surface area contributed by atoms with Crippen molar-refractivity contribution in [2.45, 2.75) is 12.5 Å². The molecule has 0 saturated carbocycles. The van der Waals surface area contributed by atoms with Gasteiger partial charge >= 0.3 is 12.0 Å². The first-order valence-electron chi connectivity index (χ1n) is 7.65. The summed E-state index contributed by atoms with van der Waals surface area (Å²) >= 11 is 0. The van der Waals surface area contributed by atoms with E-state index in [-0.39, 0.29) is 12.1 Å². The molecule has 0 spiro atoms. The summed E-state index contributed by atoms with van der Waals surface area (Å²) < 4.78 is 0.986. The van der Waals surface area contributed by atoms with Gasteiger partial charge in [-0.2, -0.15) is 9.78 Å². The molecule has 9 heteroatoms. The lowest BCUT2D eigenvalue weighted by molar-refractivity contribution is -0.384. The van der Waals surface area contributed by atoms with Crippen molar-refractivity contribution < 1.29 is 19.6 Å². The fourth-order valence-electron chi connectivity index (χ4n) is 2.56. The molecular weight excluding hydrogens is 340 g/mol. The van der Waals surface area contributed by atoms with Gasteiger partial charge in [-0.15, -0.1) is 0 Å². The smallest absolute Gasteiger partial charge is 0.343 e. The van der Waals surface area contributed by atoms with Gasteiger partial charge in [0.25, 0.3) is 5.69 Å². The molecule has 26 heavy (non-hydrogen) atoms. The topological polar surface area (TPSA) is 127 Å². The summed E-state index contributed by atoms with van der Waals surface area (Å²) in [6.07, 6.45) is 1.43. The molecular formula is C17H14N4O5. The quantitative estimate of drug-likeness (QED) is 0.534.